The van der Waals surface area contributed by atoms with E-state index in [9.17, 15) is 4.79 Å². The van der Waals surface area contributed by atoms with Gasteiger partial charge in [0.2, 0.25) is 5.91 Å². The normalized spacial score (nSPS) is 17.1. The summed E-state index contributed by atoms with van der Waals surface area (Å²) in [6.07, 6.45) is 5.07. The van der Waals surface area contributed by atoms with Crippen molar-refractivity contribution in [2.45, 2.75) is 32.2 Å². The van der Waals surface area contributed by atoms with Crippen molar-refractivity contribution >= 4 is 27.5 Å². The van der Waals surface area contributed by atoms with Gasteiger partial charge in [0.15, 0.2) is 0 Å². The molecule has 1 aliphatic heterocycles. The van der Waals surface area contributed by atoms with Crippen LogP contribution in [-0.4, -0.2) is 23.9 Å². The monoisotopic (exact) mass is 325 g/mol. The first-order valence-electron chi connectivity index (χ1n) is 6.68. The van der Waals surface area contributed by atoms with Gasteiger partial charge in [-0.25, -0.2) is 0 Å². The van der Waals surface area contributed by atoms with Gasteiger partial charge in [0, 0.05) is 16.6 Å². The van der Waals surface area contributed by atoms with Crippen LogP contribution in [0.25, 0.3) is 0 Å². The second kappa shape index (κ2) is 6.39. The molecule has 0 spiro atoms. The van der Waals surface area contributed by atoms with E-state index in [0.29, 0.717) is 11.3 Å². The molecule has 5 heteroatoms. The summed E-state index contributed by atoms with van der Waals surface area (Å²) in [5, 5.41) is 0. The molecule has 1 aliphatic rings. The Kier molecular flexibility index (Phi) is 4.82. The molecule has 19 heavy (non-hydrogen) atoms. The minimum atomic E-state index is -0.419. The molecule has 4 N–H and O–H groups in total. The van der Waals surface area contributed by atoms with Crippen molar-refractivity contribution in [1.29, 1.82) is 0 Å². The third-order valence-corrected chi connectivity index (χ3v) is 4.25. The third-order valence-electron chi connectivity index (χ3n) is 3.59. The number of nitrogens with zero attached hydrogens (tertiary/aromatic N) is 1. The van der Waals surface area contributed by atoms with Gasteiger partial charge in [0.05, 0.1) is 5.69 Å². The number of amides is 1. The largest absolute Gasteiger partial charge is 0.398 e. The molecular weight excluding hydrogens is 306 g/mol. The zero-order valence-electron chi connectivity index (χ0n) is 11.0. The number of halogens is 1. The minimum absolute atomic E-state index is 0.419. The van der Waals surface area contributed by atoms with Gasteiger partial charge in [0.1, 0.15) is 0 Å². The zero-order chi connectivity index (χ0) is 13.8. The summed E-state index contributed by atoms with van der Waals surface area (Å²) >= 11 is 3.39. The number of benzene rings is 1. The second-order valence-electron chi connectivity index (χ2n) is 5.09. The van der Waals surface area contributed by atoms with Crippen LogP contribution >= 0.6 is 15.9 Å². The molecule has 0 saturated carbocycles. The van der Waals surface area contributed by atoms with E-state index >= 15 is 0 Å². The van der Waals surface area contributed by atoms with E-state index in [0.717, 1.165) is 29.7 Å². The standard InChI is InChI=1S/C14H20BrN3O/c15-12-8-10(14(17)19)7-11(13(12)16)9-18-5-3-1-2-4-6-18/h7-8H,1-6,9,16H2,(H2,17,19). The molecule has 0 radical (unpaired) electrons. The van der Waals surface area contributed by atoms with E-state index in [1.165, 1.54) is 25.7 Å². The van der Waals surface area contributed by atoms with Gasteiger partial charge in [-0.2, -0.15) is 0 Å². The van der Waals surface area contributed by atoms with Crippen LogP contribution in [0.3, 0.4) is 0 Å². The van der Waals surface area contributed by atoms with Crippen LogP contribution in [0.5, 0.6) is 0 Å². The number of hydrogen-bond donors (Lipinski definition) is 2. The number of carbonyl (C=O) groups excluding carboxylic acids is 1. The van der Waals surface area contributed by atoms with Crippen LogP contribution < -0.4 is 11.5 Å². The van der Waals surface area contributed by atoms with Gasteiger partial charge >= 0.3 is 0 Å². The van der Waals surface area contributed by atoms with Crippen LogP contribution in [0.2, 0.25) is 0 Å². The third kappa shape index (κ3) is 3.70. The van der Waals surface area contributed by atoms with Crippen molar-refractivity contribution < 1.29 is 4.79 Å². The van der Waals surface area contributed by atoms with Crippen molar-refractivity contribution in [3.8, 4) is 0 Å². The number of primary amides is 1. The fourth-order valence-electron chi connectivity index (χ4n) is 2.48. The fourth-order valence-corrected chi connectivity index (χ4v) is 2.98. The van der Waals surface area contributed by atoms with Crippen molar-refractivity contribution in [1.82, 2.24) is 4.90 Å². The number of likely N-dealkylation sites (tertiary alicyclic amines) is 1. The number of anilines is 1. The lowest BCUT2D eigenvalue weighted by atomic mass is 10.1. The molecule has 0 unspecified atom stereocenters. The summed E-state index contributed by atoms with van der Waals surface area (Å²) in [5.41, 5.74) is 13.6. The number of rotatable bonds is 3. The molecular formula is C14H20BrN3O. The summed E-state index contributed by atoms with van der Waals surface area (Å²) in [7, 11) is 0. The molecule has 2 rings (SSSR count). The number of nitrogen functional groups attached to an aromatic ring is 1. The molecule has 0 atom stereocenters. The molecule has 1 amide bonds. The van der Waals surface area contributed by atoms with E-state index in [4.69, 9.17) is 11.5 Å². The van der Waals surface area contributed by atoms with E-state index in [1.54, 1.807) is 6.07 Å². The molecule has 1 fully saturated rings. The van der Waals surface area contributed by atoms with E-state index in [-0.39, 0.29) is 0 Å². The summed E-state index contributed by atoms with van der Waals surface area (Å²) in [6, 6.07) is 3.50. The Labute approximate surface area is 122 Å². The van der Waals surface area contributed by atoms with Gasteiger partial charge in [-0.1, -0.05) is 12.8 Å². The Hall–Kier alpha value is -1.07. The maximum absolute atomic E-state index is 11.3. The predicted octanol–water partition coefficient (Wildman–Crippen LogP) is 2.51. The van der Waals surface area contributed by atoms with Crippen LogP contribution in [0.4, 0.5) is 5.69 Å². The highest BCUT2D eigenvalue weighted by atomic mass is 79.9. The second-order valence-corrected chi connectivity index (χ2v) is 5.94. The van der Waals surface area contributed by atoms with Crippen molar-refractivity contribution in [2.24, 2.45) is 5.73 Å². The van der Waals surface area contributed by atoms with Gasteiger partial charge in [-0.05, 0) is 59.6 Å². The van der Waals surface area contributed by atoms with E-state index in [1.807, 2.05) is 6.07 Å². The van der Waals surface area contributed by atoms with Crippen molar-refractivity contribution in [3.63, 3.8) is 0 Å². The van der Waals surface area contributed by atoms with Crippen LogP contribution in [0.15, 0.2) is 16.6 Å². The maximum atomic E-state index is 11.3. The average molecular weight is 326 g/mol. The van der Waals surface area contributed by atoms with E-state index in [2.05, 4.69) is 20.8 Å². The van der Waals surface area contributed by atoms with Gasteiger partial charge in [0.25, 0.3) is 0 Å². The van der Waals surface area contributed by atoms with Gasteiger partial charge < -0.3 is 11.5 Å². The Morgan fingerprint density at radius 2 is 1.84 bits per heavy atom. The number of carbonyl (C=O) groups is 1. The first kappa shape index (κ1) is 14.3. The highest BCUT2D eigenvalue weighted by Gasteiger charge is 2.14. The molecule has 1 aromatic rings. The molecule has 1 aromatic carbocycles. The maximum Gasteiger partial charge on any atom is 0.248 e. The van der Waals surface area contributed by atoms with Gasteiger partial charge in [-0.3, -0.25) is 9.69 Å². The van der Waals surface area contributed by atoms with Crippen LogP contribution in [0, 0.1) is 0 Å². The minimum Gasteiger partial charge on any atom is -0.398 e. The number of hydrogen-bond acceptors (Lipinski definition) is 3. The molecule has 4 nitrogen and oxygen atoms in total. The summed E-state index contributed by atoms with van der Waals surface area (Å²) < 4.78 is 0.744. The first-order valence-corrected chi connectivity index (χ1v) is 7.47. The summed E-state index contributed by atoms with van der Waals surface area (Å²) in [4.78, 5) is 13.7. The Balaban J connectivity index is 2.20. The predicted molar refractivity (Wildman–Crippen MR) is 80.8 cm³/mol. The zero-order valence-corrected chi connectivity index (χ0v) is 12.6. The number of nitrogens with two attached hydrogens (primary N) is 2. The first-order chi connectivity index (χ1) is 9.08. The molecule has 104 valence electrons. The Morgan fingerprint density at radius 3 is 2.42 bits per heavy atom. The molecule has 0 bridgehead atoms. The highest BCUT2D eigenvalue weighted by molar-refractivity contribution is 9.10. The van der Waals surface area contributed by atoms with Crippen molar-refractivity contribution in [2.75, 3.05) is 18.8 Å². The summed E-state index contributed by atoms with van der Waals surface area (Å²) in [6.45, 7) is 2.97. The molecule has 0 aromatic heterocycles. The van der Waals surface area contributed by atoms with Crippen LogP contribution in [0.1, 0.15) is 41.6 Å². The highest BCUT2D eigenvalue weighted by Crippen LogP contribution is 2.27. The smallest absolute Gasteiger partial charge is 0.248 e. The summed E-state index contributed by atoms with van der Waals surface area (Å²) in [5.74, 6) is -0.419. The van der Waals surface area contributed by atoms with Crippen molar-refractivity contribution in [3.05, 3.63) is 27.7 Å². The lowest BCUT2D eigenvalue weighted by Gasteiger charge is -2.21. The Bertz CT molecular complexity index is 468. The molecule has 1 saturated heterocycles. The fraction of sp³-hybridized carbons (Fsp3) is 0.500. The topological polar surface area (TPSA) is 72.3 Å². The lowest BCUT2D eigenvalue weighted by Crippen LogP contribution is -2.25. The molecule has 1 heterocycles. The molecule has 0 aliphatic carbocycles. The average Bonchev–Trinajstić information content (AvgIpc) is 2.63. The van der Waals surface area contributed by atoms with E-state index < -0.39 is 5.91 Å². The quantitative estimate of drug-likeness (QED) is 0.838. The van der Waals surface area contributed by atoms with Gasteiger partial charge in [-0.15, -0.1) is 0 Å². The van der Waals surface area contributed by atoms with Crippen LogP contribution in [-0.2, 0) is 6.54 Å². The lowest BCUT2D eigenvalue weighted by molar-refractivity contribution is 0.1000. The Morgan fingerprint density at radius 1 is 1.21 bits per heavy atom. The SMILES string of the molecule is NC(=O)c1cc(Br)c(N)c(CN2CCCCCC2)c1.